The van der Waals surface area contributed by atoms with Crippen LogP contribution in [0, 0.1) is 0 Å². The van der Waals surface area contributed by atoms with Gasteiger partial charge in [0.05, 0.1) is 17.5 Å². The number of rotatable bonds is 10. The highest BCUT2D eigenvalue weighted by molar-refractivity contribution is 6.30. The van der Waals surface area contributed by atoms with E-state index in [0.717, 1.165) is 36.3 Å². The van der Waals surface area contributed by atoms with Crippen molar-refractivity contribution in [1.29, 1.82) is 0 Å². The molecule has 0 radical (unpaired) electrons. The largest absolute Gasteiger partial charge is 0.356 e. The molecule has 1 heterocycles. The Morgan fingerprint density at radius 1 is 1.07 bits per heavy atom. The van der Waals surface area contributed by atoms with Gasteiger partial charge in [-0.25, -0.2) is 4.98 Å². The molecule has 3 aromatic rings. The number of para-hydroxylation sites is 2. The van der Waals surface area contributed by atoms with Crippen molar-refractivity contribution in [1.82, 2.24) is 14.9 Å². The topological polar surface area (TPSA) is 46.9 Å². The van der Waals surface area contributed by atoms with Gasteiger partial charge in [0, 0.05) is 24.5 Å². The molecule has 0 saturated heterocycles. The van der Waals surface area contributed by atoms with Crippen LogP contribution in [0.5, 0.6) is 0 Å². The predicted octanol–water partition coefficient (Wildman–Crippen LogP) is 5.17. The molecule has 3 rings (SSSR count). The van der Waals surface area contributed by atoms with Crippen molar-refractivity contribution in [3.05, 3.63) is 64.9 Å². The molecular formula is C23H28ClN3O. The standard InChI is InChI=1S/C23H28ClN3O/c1-2-3-6-16-27-21-9-5-4-8-20(21)26-22(27)10-7-15-25-23(28)17-18-11-13-19(24)14-12-18/h4-5,8-9,11-14H,2-3,6-7,10,15-17H2,1H3,(H,25,28). The fourth-order valence-electron chi connectivity index (χ4n) is 3.41. The van der Waals surface area contributed by atoms with E-state index in [0.29, 0.717) is 18.0 Å². The van der Waals surface area contributed by atoms with Gasteiger partial charge in [0.15, 0.2) is 0 Å². The number of amides is 1. The third-order valence-electron chi connectivity index (χ3n) is 4.90. The Balaban J connectivity index is 1.52. The second kappa shape index (κ2) is 10.3. The molecule has 148 valence electrons. The van der Waals surface area contributed by atoms with E-state index in [1.165, 1.54) is 24.8 Å². The second-order valence-corrected chi connectivity index (χ2v) is 7.57. The summed E-state index contributed by atoms with van der Waals surface area (Å²) in [6, 6.07) is 15.7. The van der Waals surface area contributed by atoms with E-state index >= 15 is 0 Å². The van der Waals surface area contributed by atoms with Crippen molar-refractivity contribution < 1.29 is 4.79 Å². The number of fused-ring (bicyclic) bond motifs is 1. The maximum absolute atomic E-state index is 12.1. The number of aromatic nitrogens is 2. The summed E-state index contributed by atoms with van der Waals surface area (Å²) in [7, 11) is 0. The highest BCUT2D eigenvalue weighted by atomic mass is 35.5. The van der Waals surface area contributed by atoms with Crippen LogP contribution in [-0.2, 0) is 24.2 Å². The normalized spacial score (nSPS) is 11.1. The first-order valence-corrected chi connectivity index (χ1v) is 10.5. The van der Waals surface area contributed by atoms with Gasteiger partial charge in [-0.2, -0.15) is 0 Å². The lowest BCUT2D eigenvalue weighted by Gasteiger charge is -2.09. The van der Waals surface area contributed by atoms with Crippen LogP contribution in [0.4, 0.5) is 0 Å². The van der Waals surface area contributed by atoms with Gasteiger partial charge in [-0.3, -0.25) is 4.79 Å². The zero-order valence-corrected chi connectivity index (χ0v) is 17.2. The molecule has 0 aliphatic heterocycles. The average Bonchev–Trinajstić information content (AvgIpc) is 3.05. The van der Waals surface area contributed by atoms with Gasteiger partial charge in [-0.15, -0.1) is 0 Å². The van der Waals surface area contributed by atoms with Gasteiger partial charge >= 0.3 is 0 Å². The molecule has 0 aliphatic carbocycles. The molecule has 0 aliphatic rings. The molecule has 5 heteroatoms. The lowest BCUT2D eigenvalue weighted by atomic mass is 10.1. The number of carbonyl (C=O) groups is 1. The van der Waals surface area contributed by atoms with E-state index in [2.05, 4.69) is 35.0 Å². The van der Waals surface area contributed by atoms with Crippen LogP contribution in [0.2, 0.25) is 5.02 Å². The summed E-state index contributed by atoms with van der Waals surface area (Å²) in [5, 5.41) is 3.70. The molecule has 0 bridgehead atoms. The molecule has 0 fully saturated rings. The summed E-state index contributed by atoms with van der Waals surface area (Å²) >= 11 is 5.88. The van der Waals surface area contributed by atoms with Crippen LogP contribution in [0.25, 0.3) is 11.0 Å². The van der Waals surface area contributed by atoms with Crippen molar-refractivity contribution in [3.8, 4) is 0 Å². The average molecular weight is 398 g/mol. The van der Waals surface area contributed by atoms with E-state index in [1.54, 1.807) is 0 Å². The molecule has 28 heavy (non-hydrogen) atoms. The first kappa shape index (κ1) is 20.4. The van der Waals surface area contributed by atoms with E-state index in [1.807, 2.05) is 30.3 Å². The van der Waals surface area contributed by atoms with Gasteiger partial charge < -0.3 is 9.88 Å². The number of nitrogens with zero attached hydrogens (tertiary/aromatic N) is 2. The zero-order valence-electron chi connectivity index (χ0n) is 16.5. The van der Waals surface area contributed by atoms with Crippen molar-refractivity contribution >= 4 is 28.5 Å². The number of carbonyl (C=O) groups excluding carboxylic acids is 1. The minimum absolute atomic E-state index is 0.0405. The predicted molar refractivity (Wildman–Crippen MR) is 116 cm³/mol. The van der Waals surface area contributed by atoms with Crippen molar-refractivity contribution in [2.75, 3.05) is 6.54 Å². The summed E-state index contributed by atoms with van der Waals surface area (Å²) in [4.78, 5) is 16.9. The number of benzene rings is 2. The Morgan fingerprint density at radius 2 is 1.86 bits per heavy atom. The fourth-order valence-corrected chi connectivity index (χ4v) is 3.54. The lowest BCUT2D eigenvalue weighted by molar-refractivity contribution is -0.120. The third-order valence-corrected chi connectivity index (χ3v) is 5.15. The smallest absolute Gasteiger partial charge is 0.224 e. The highest BCUT2D eigenvalue weighted by Crippen LogP contribution is 2.18. The SMILES string of the molecule is CCCCCn1c(CCCNC(=O)Cc2ccc(Cl)cc2)nc2ccccc21. The zero-order chi connectivity index (χ0) is 19.8. The van der Waals surface area contributed by atoms with E-state index in [4.69, 9.17) is 16.6 Å². The maximum atomic E-state index is 12.1. The number of hydrogen-bond acceptors (Lipinski definition) is 2. The first-order chi connectivity index (χ1) is 13.7. The molecule has 0 spiro atoms. The van der Waals surface area contributed by atoms with E-state index in [9.17, 15) is 4.79 Å². The van der Waals surface area contributed by atoms with Crippen molar-refractivity contribution in [3.63, 3.8) is 0 Å². The number of unbranched alkanes of at least 4 members (excludes halogenated alkanes) is 2. The van der Waals surface area contributed by atoms with Gasteiger partial charge in [0.2, 0.25) is 5.91 Å². The van der Waals surface area contributed by atoms with Crippen molar-refractivity contribution in [2.24, 2.45) is 0 Å². The quantitative estimate of drug-likeness (QED) is 0.479. The van der Waals surface area contributed by atoms with Gasteiger partial charge in [0.1, 0.15) is 5.82 Å². The Labute approximate surface area is 171 Å². The number of halogens is 1. The van der Waals surface area contributed by atoms with Crippen LogP contribution >= 0.6 is 11.6 Å². The molecule has 4 nitrogen and oxygen atoms in total. The molecule has 0 unspecified atom stereocenters. The summed E-state index contributed by atoms with van der Waals surface area (Å²) in [5.41, 5.74) is 3.24. The van der Waals surface area contributed by atoms with Gasteiger partial charge in [-0.1, -0.05) is 55.6 Å². The monoisotopic (exact) mass is 397 g/mol. The molecule has 2 aromatic carbocycles. The summed E-state index contributed by atoms with van der Waals surface area (Å²) in [6.07, 6.45) is 5.73. The van der Waals surface area contributed by atoms with Crippen LogP contribution in [0.1, 0.15) is 44.0 Å². The van der Waals surface area contributed by atoms with E-state index < -0.39 is 0 Å². The fraction of sp³-hybridized carbons (Fsp3) is 0.391. The number of nitrogens with one attached hydrogen (secondary N) is 1. The minimum atomic E-state index is 0.0405. The molecule has 0 saturated carbocycles. The Bertz CT molecular complexity index is 902. The summed E-state index contributed by atoms with van der Waals surface area (Å²) < 4.78 is 2.35. The molecular weight excluding hydrogens is 370 g/mol. The second-order valence-electron chi connectivity index (χ2n) is 7.13. The number of aryl methyl sites for hydroxylation is 2. The molecule has 1 N–H and O–H groups in total. The first-order valence-electron chi connectivity index (χ1n) is 10.1. The Morgan fingerprint density at radius 3 is 2.64 bits per heavy atom. The lowest BCUT2D eigenvalue weighted by Crippen LogP contribution is -2.26. The van der Waals surface area contributed by atoms with Gasteiger partial charge in [-0.05, 0) is 42.7 Å². The summed E-state index contributed by atoms with van der Waals surface area (Å²) in [5.74, 6) is 1.16. The Kier molecular flexibility index (Phi) is 7.49. The van der Waals surface area contributed by atoms with Crippen LogP contribution in [0.15, 0.2) is 48.5 Å². The summed E-state index contributed by atoms with van der Waals surface area (Å²) in [6.45, 7) is 3.89. The van der Waals surface area contributed by atoms with Crippen molar-refractivity contribution in [2.45, 2.75) is 52.0 Å². The van der Waals surface area contributed by atoms with Crippen LogP contribution in [0.3, 0.4) is 0 Å². The van der Waals surface area contributed by atoms with Crippen LogP contribution in [-0.4, -0.2) is 22.0 Å². The highest BCUT2D eigenvalue weighted by Gasteiger charge is 2.10. The minimum Gasteiger partial charge on any atom is -0.356 e. The van der Waals surface area contributed by atoms with Crippen LogP contribution < -0.4 is 5.32 Å². The molecule has 1 amide bonds. The Hall–Kier alpha value is -2.33. The maximum Gasteiger partial charge on any atom is 0.224 e. The molecule has 1 aromatic heterocycles. The number of imidazole rings is 1. The van der Waals surface area contributed by atoms with Gasteiger partial charge in [0.25, 0.3) is 0 Å². The van der Waals surface area contributed by atoms with E-state index in [-0.39, 0.29) is 5.91 Å². The number of hydrogen-bond donors (Lipinski definition) is 1. The molecule has 0 atom stereocenters. The third kappa shape index (κ3) is 5.59.